The number of alkyl halides is 3. The molecule has 0 bridgehead atoms. The topological polar surface area (TPSA) is 47.7 Å². The van der Waals surface area contributed by atoms with Crippen molar-refractivity contribution in [3.05, 3.63) is 95.1 Å². The van der Waals surface area contributed by atoms with Gasteiger partial charge in [0.2, 0.25) is 12.4 Å². The second kappa shape index (κ2) is 8.79. The number of hydrogen-bond donors (Lipinski definition) is 1. The van der Waals surface area contributed by atoms with E-state index in [-0.39, 0.29) is 24.2 Å². The highest BCUT2D eigenvalue weighted by Crippen LogP contribution is 2.50. The third kappa shape index (κ3) is 4.26. The predicted molar refractivity (Wildman–Crippen MR) is 112 cm³/mol. The molecule has 0 radical (unpaired) electrons. The van der Waals surface area contributed by atoms with Crippen LogP contribution in [0.15, 0.2) is 60.9 Å². The molecule has 0 saturated carbocycles. The Balaban J connectivity index is 2.01. The number of rotatable bonds is 5. The molecular weight excluding hydrogens is 476 g/mol. The first-order valence-corrected chi connectivity index (χ1v) is 10.6. The van der Waals surface area contributed by atoms with Gasteiger partial charge in [-0.25, -0.2) is 18.0 Å². The molecule has 5 nitrogen and oxygen atoms in total. The van der Waals surface area contributed by atoms with Crippen LogP contribution >= 0.6 is 0 Å². The van der Waals surface area contributed by atoms with Gasteiger partial charge in [-0.1, -0.05) is 19.1 Å². The van der Waals surface area contributed by atoms with Crippen molar-refractivity contribution in [3.63, 3.8) is 0 Å². The van der Waals surface area contributed by atoms with Gasteiger partial charge in [-0.2, -0.15) is 13.2 Å². The summed E-state index contributed by atoms with van der Waals surface area (Å²) in [6.45, 7) is -0.593. The smallest absolute Gasteiger partial charge is 0.301 e. The van der Waals surface area contributed by atoms with Gasteiger partial charge in [0.15, 0.2) is 11.6 Å². The lowest BCUT2D eigenvalue weighted by Crippen LogP contribution is -2.61. The van der Waals surface area contributed by atoms with Crippen LogP contribution < -0.4 is 9.63 Å². The van der Waals surface area contributed by atoms with Crippen LogP contribution in [0.3, 0.4) is 0 Å². The second-order valence-corrected chi connectivity index (χ2v) is 8.13. The molecule has 184 valence electrons. The van der Waals surface area contributed by atoms with Crippen molar-refractivity contribution in [2.45, 2.75) is 31.6 Å². The number of benzene rings is 2. The standard InChI is InChI=1S/C24H20F6N3O2/c1-2-23(16-3-5-17(25)6-4-16)20-19(8-7-18(26)21(20)27)32(13-15-9-11-31(35)12-10-15)22(34)33(23)14-24(28,29)30/h3-12,35H,2,13-14H2,1H3/q+1. The van der Waals surface area contributed by atoms with Gasteiger partial charge in [-0.05, 0) is 41.8 Å². The molecule has 2 amide bonds. The van der Waals surface area contributed by atoms with E-state index in [2.05, 4.69) is 0 Å². The summed E-state index contributed by atoms with van der Waals surface area (Å²) < 4.78 is 85.7. The zero-order valence-electron chi connectivity index (χ0n) is 18.4. The van der Waals surface area contributed by atoms with Gasteiger partial charge in [0.1, 0.15) is 17.9 Å². The highest BCUT2D eigenvalue weighted by Gasteiger charge is 2.54. The van der Waals surface area contributed by atoms with Crippen LogP contribution in [0.4, 0.5) is 36.8 Å². The van der Waals surface area contributed by atoms with Gasteiger partial charge >= 0.3 is 12.2 Å². The average molecular weight is 496 g/mol. The number of pyridine rings is 1. The summed E-state index contributed by atoms with van der Waals surface area (Å²) in [4.78, 5) is 15.0. The van der Waals surface area contributed by atoms with E-state index in [1.165, 1.54) is 31.5 Å². The molecule has 0 fully saturated rings. The number of carbonyl (C=O) groups excluding carboxylic acids is 1. The molecule has 0 aliphatic carbocycles. The Hall–Kier alpha value is -3.76. The number of amides is 2. The van der Waals surface area contributed by atoms with Crippen LogP contribution in [0.1, 0.15) is 30.0 Å². The van der Waals surface area contributed by atoms with Crippen LogP contribution in [0, 0.1) is 17.5 Å². The highest BCUT2D eigenvalue weighted by atomic mass is 19.4. The molecule has 11 heteroatoms. The highest BCUT2D eigenvalue weighted by molar-refractivity contribution is 5.97. The number of urea groups is 1. The Morgan fingerprint density at radius 1 is 0.971 bits per heavy atom. The largest absolute Gasteiger partial charge is 0.406 e. The molecule has 2 heterocycles. The van der Waals surface area contributed by atoms with E-state index in [0.29, 0.717) is 10.5 Å². The number of anilines is 1. The number of halogens is 6. The minimum atomic E-state index is -4.88. The van der Waals surface area contributed by atoms with Crippen molar-refractivity contribution in [3.8, 4) is 0 Å². The summed E-state index contributed by atoms with van der Waals surface area (Å²) in [6, 6.07) is 7.98. The fraction of sp³-hybridized carbons (Fsp3) is 0.250. The minimum Gasteiger partial charge on any atom is -0.301 e. The Bertz CT molecular complexity index is 1250. The summed E-state index contributed by atoms with van der Waals surface area (Å²) in [6.07, 6.45) is -2.63. The molecule has 2 aromatic carbocycles. The number of carbonyl (C=O) groups is 1. The van der Waals surface area contributed by atoms with E-state index in [9.17, 15) is 32.0 Å². The maximum Gasteiger partial charge on any atom is 0.406 e. The first kappa shape index (κ1) is 24.4. The average Bonchev–Trinajstić information content (AvgIpc) is 2.80. The molecule has 1 atom stereocenters. The SMILES string of the molecule is CCC1(c2ccc(F)cc2)c2c(ccc(F)c2F)N(Cc2cc[n+](O)cc2)C(=O)N1CC(F)(F)F. The molecule has 1 unspecified atom stereocenters. The van der Waals surface area contributed by atoms with Crippen molar-refractivity contribution in [1.82, 2.24) is 4.90 Å². The molecule has 0 saturated heterocycles. The normalized spacial score (nSPS) is 18.1. The summed E-state index contributed by atoms with van der Waals surface area (Å²) in [5.74, 6) is -3.39. The maximum absolute atomic E-state index is 15.5. The van der Waals surface area contributed by atoms with Gasteiger partial charge in [0.05, 0.1) is 12.2 Å². The molecule has 1 N–H and O–H groups in total. The quantitative estimate of drug-likeness (QED) is 0.297. The number of nitrogens with zero attached hydrogens (tertiary/aromatic N) is 3. The number of aromatic nitrogens is 1. The van der Waals surface area contributed by atoms with E-state index in [1.807, 2.05) is 0 Å². The lowest BCUT2D eigenvalue weighted by atomic mass is 9.76. The number of hydrogen-bond acceptors (Lipinski definition) is 2. The fourth-order valence-corrected chi connectivity index (χ4v) is 4.58. The Kier molecular flexibility index (Phi) is 6.12. The van der Waals surface area contributed by atoms with Crippen molar-refractivity contribution in [1.29, 1.82) is 0 Å². The third-order valence-electron chi connectivity index (χ3n) is 6.09. The van der Waals surface area contributed by atoms with Crippen LogP contribution in [-0.2, 0) is 12.1 Å². The van der Waals surface area contributed by atoms with Crippen molar-refractivity contribution in [2.75, 3.05) is 11.4 Å². The van der Waals surface area contributed by atoms with Gasteiger partial charge in [0, 0.05) is 22.4 Å². The van der Waals surface area contributed by atoms with E-state index < -0.39 is 47.3 Å². The van der Waals surface area contributed by atoms with Crippen molar-refractivity contribution < 1.29 is 41.1 Å². The monoisotopic (exact) mass is 496 g/mol. The molecule has 3 aromatic rings. The van der Waals surface area contributed by atoms with Gasteiger partial charge < -0.3 is 4.90 Å². The van der Waals surface area contributed by atoms with E-state index in [4.69, 9.17) is 0 Å². The van der Waals surface area contributed by atoms with E-state index >= 15 is 4.39 Å². The lowest BCUT2D eigenvalue weighted by molar-refractivity contribution is -0.904. The molecule has 0 spiro atoms. The summed E-state index contributed by atoms with van der Waals surface area (Å²) in [7, 11) is 0. The maximum atomic E-state index is 15.5. The summed E-state index contributed by atoms with van der Waals surface area (Å²) >= 11 is 0. The fourth-order valence-electron chi connectivity index (χ4n) is 4.58. The zero-order chi connectivity index (χ0) is 25.5. The van der Waals surface area contributed by atoms with Crippen molar-refractivity contribution >= 4 is 11.7 Å². The Morgan fingerprint density at radius 2 is 1.60 bits per heavy atom. The molecule has 35 heavy (non-hydrogen) atoms. The third-order valence-corrected chi connectivity index (χ3v) is 6.09. The molecule has 1 aliphatic rings. The molecule has 4 rings (SSSR count). The first-order valence-electron chi connectivity index (χ1n) is 10.6. The van der Waals surface area contributed by atoms with Gasteiger partial charge in [-0.15, -0.1) is 0 Å². The van der Waals surface area contributed by atoms with Crippen molar-refractivity contribution in [2.24, 2.45) is 0 Å². The minimum absolute atomic E-state index is 0.00503. The lowest BCUT2D eigenvalue weighted by Gasteiger charge is -2.51. The summed E-state index contributed by atoms with van der Waals surface area (Å²) in [5.41, 5.74) is -2.21. The zero-order valence-corrected chi connectivity index (χ0v) is 18.4. The van der Waals surface area contributed by atoms with Crippen LogP contribution in [0.25, 0.3) is 0 Å². The summed E-state index contributed by atoms with van der Waals surface area (Å²) in [5, 5.41) is 9.44. The molecule has 1 aromatic heterocycles. The first-order chi connectivity index (χ1) is 16.5. The van der Waals surface area contributed by atoms with Gasteiger partial charge in [-0.3, -0.25) is 10.1 Å². The molecular formula is C24H20F6N3O2+. The van der Waals surface area contributed by atoms with Crippen LogP contribution in [-0.4, -0.2) is 28.9 Å². The van der Waals surface area contributed by atoms with Crippen LogP contribution in [0.5, 0.6) is 0 Å². The predicted octanol–water partition coefficient (Wildman–Crippen LogP) is 5.29. The van der Waals surface area contributed by atoms with E-state index in [0.717, 1.165) is 46.0 Å². The van der Waals surface area contributed by atoms with Gasteiger partial charge in [0.25, 0.3) is 0 Å². The Labute approximate surface area is 196 Å². The Morgan fingerprint density at radius 3 is 2.17 bits per heavy atom. The molecule has 1 aliphatic heterocycles. The van der Waals surface area contributed by atoms with Crippen LogP contribution in [0.2, 0.25) is 0 Å². The van der Waals surface area contributed by atoms with E-state index in [1.54, 1.807) is 0 Å². The number of fused-ring (bicyclic) bond motifs is 1. The second-order valence-electron chi connectivity index (χ2n) is 8.13.